The van der Waals surface area contributed by atoms with Crippen LogP contribution in [-0.2, 0) is 14.8 Å². The highest BCUT2D eigenvalue weighted by atomic mass is 32.2. The molecule has 1 aliphatic rings. The lowest BCUT2D eigenvalue weighted by molar-refractivity contribution is -0.114. The minimum Gasteiger partial charge on any atom is -0.326 e. The minimum atomic E-state index is -3.51. The third kappa shape index (κ3) is 4.87. The van der Waals surface area contributed by atoms with E-state index in [1.807, 2.05) is 17.5 Å². The average molecular weight is 471 g/mol. The Hall–Kier alpha value is -3.08. The summed E-state index contributed by atoms with van der Waals surface area (Å²) in [6.45, 7) is 2.52. The smallest absolute Gasteiger partial charge is 0.257 e. The molecule has 32 heavy (non-hydrogen) atoms. The largest absolute Gasteiger partial charge is 0.326 e. The number of carbonyl (C=O) groups is 2. The predicted octanol–water partition coefficient (Wildman–Crippen LogP) is 3.81. The molecule has 1 fully saturated rings. The SMILES string of the molecule is CC(=O)Nc1ccc(-c2csc(NC(=O)c3ccc(S(=O)(=O)N4CCCC4)cc3)n2)cc1. The average Bonchev–Trinajstić information content (AvgIpc) is 3.47. The van der Waals surface area contributed by atoms with Gasteiger partial charge in [0.05, 0.1) is 10.6 Å². The molecule has 0 radical (unpaired) electrons. The van der Waals surface area contributed by atoms with Gasteiger partial charge in [-0.3, -0.25) is 14.9 Å². The van der Waals surface area contributed by atoms with Crippen molar-refractivity contribution in [3.05, 3.63) is 59.5 Å². The van der Waals surface area contributed by atoms with Crippen LogP contribution in [0.3, 0.4) is 0 Å². The zero-order chi connectivity index (χ0) is 22.7. The second-order valence-electron chi connectivity index (χ2n) is 7.39. The van der Waals surface area contributed by atoms with E-state index < -0.39 is 10.0 Å². The number of nitrogens with zero attached hydrogens (tertiary/aromatic N) is 2. The van der Waals surface area contributed by atoms with Gasteiger partial charge in [0.15, 0.2) is 5.13 Å². The molecule has 1 aromatic heterocycles. The number of anilines is 2. The van der Waals surface area contributed by atoms with Crippen LogP contribution in [0.5, 0.6) is 0 Å². The topological polar surface area (TPSA) is 108 Å². The number of carbonyl (C=O) groups excluding carboxylic acids is 2. The molecule has 0 atom stereocenters. The molecule has 4 rings (SSSR count). The molecule has 3 aromatic rings. The van der Waals surface area contributed by atoms with Gasteiger partial charge >= 0.3 is 0 Å². The van der Waals surface area contributed by atoms with Crippen molar-refractivity contribution < 1.29 is 18.0 Å². The number of rotatable bonds is 6. The zero-order valence-electron chi connectivity index (χ0n) is 17.4. The quantitative estimate of drug-likeness (QED) is 0.570. The van der Waals surface area contributed by atoms with Crippen LogP contribution in [0.1, 0.15) is 30.1 Å². The van der Waals surface area contributed by atoms with E-state index in [-0.39, 0.29) is 16.7 Å². The van der Waals surface area contributed by atoms with Gasteiger partial charge in [-0.1, -0.05) is 12.1 Å². The fourth-order valence-electron chi connectivity index (χ4n) is 3.42. The van der Waals surface area contributed by atoms with Crippen molar-refractivity contribution in [2.45, 2.75) is 24.7 Å². The van der Waals surface area contributed by atoms with E-state index in [0.717, 1.165) is 18.4 Å². The highest BCUT2D eigenvalue weighted by molar-refractivity contribution is 7.89. The monoisotopic (exact) mass is 470 g/mol. The summed E-state index contributed by atoms with van der Waals surface area (Å²) in [6, 6.07) is 13.2. The van der Waals surface area contributed by atoms with Crippen LogP contribution in [-0.4, -0.2) is 42.6 Å². The van der Waals surface area contributed by atoms with Crippen molar-refractivity contribution >= 4 is 44.0 Å². The summed E-state index contributed by atoms with van der Waals surface area (Å²) < 4.78 is 26.7. The highest BCUT2D eigenvalue weighted by Crippen LogP contribution is 2.27. The molecule has 0 unspecified atom stereocenters. The zero-order valence-corrected chi connectivity index (χ0v) is 19.0. The second-order valence-corrected chi connectivity index (χ2v) is 10.2. The Morgan fingerprint density at radius 3 is 2.25 bits per heavy atom. The summed E-state index contributed by atoms with van der Waals surface area (Å²) >= 11 is 1.29. The molecule has 0 spiro atoms. The van der Waals surface area contributed by atoms with E-state index in [1.165, 1.54) is 46.8 Å². The number of aromatic nitrogens is 1. The van der Waals surface area contributed by atoms with Crippen molar-refractivity contribution in [2.75, 3.05) is 23.7 Å². The number of sulfonamides is 1. The fourth-order valence-corrected chi connectivity index (χ4v) is 5.65. The molecule has 0 bridgehead atoms. The van der Waals surface area contributed by atoms with Crippen LogP contribution in [0.25, 0.3) is 11.3 Å². The second kappa shape index (κ2) is 9.19. The summed E-state index contributed by atoms with van der Waals surface area (Å²) in [4.78, 5) is 28.3. The molecular formula is C22H22N4O4S2. The Balaban J connectivity index is 1.42. The third-order valence-corrected chi connectivity index (χ3v) is 7.72. The number of benzene rings is 2. The molecule has 2 N–H and O–H groups in total. The van der Waals surface area contributed by atoms with E-state index >= 15 is 0 Å². The van der Waals surface area contributed by atoms with Crippen LogP contribution < -0.4 is 10.6 Å². The van der Waals surface area contributed by atoms with Gasteiger partial charge in [-0.05, 0) is 49.2 Å². The Labute approximate surface area is 190 Å². The Morgan fingerprint density at radius 1 is 0.969 bits per heavy atom. The molecule has 2 aromatic carbocycles. The van der Waals surface area contributed by atoms with E-state index in [2.05, 4.69) is 15.6 Å². The molecular weight excluding hydrogens is 448 g/mol. The minimum absolute atomic E-state index is 0.141. The van der Waals surface area contributed by atoms with Crippen molar-refractivity contribution in [2.24, 2.45) is 0 Å². The molecule has 2 amide bonds. The van der Waals surface area contributed by atoms with Gasteiger partial charge in [0.2, 0.25) is 15.9 Å². The lowest BCUT2D eigenvalue weighted by Crippen LogP contribution is -2.27. The van der Waals surface area contributed by atoms with Crippen LogP contribution in [0.2, 0.25) is 0 Å². The van der Waals surface area contributed by atoms with Crippen LogP contribution in [0, 0.1) is 0 Å². The summed E-state index contributed by atoms with van der Waals surface area (Å²) in [5.74, 6) is -0.505. The van der Waals surface area contributed by atoms with Crippen LogP contribution in [0.4, 0.5) is 10.8 Å². The number of hydrogen-bond donors (Lipinski definition) is 2. The molecule has 1 saturated heterocycles. The van der Waals surface area contributed by atoms with Gasteiger partial charge in [0.25, 0.3) is 5.91 Å². The molecule has 2 heterocycles. The predicted molar refractivity (Wildman–Crippen MR) is 124 cm³/mol. The van der Waals surface area contributed by atoms with Gasteiger partial charge in [-0.2, -0.15) is 4.31 Å². The lowest BCUT2D eigenvalue weighted by atomic mass is 10.1. The number of hydrogen-bond acceptors (Lipinski definition) is 6. The maximum Gasteiger partial charge on any atom is 0.257 e. The Kier molecular flexibility index (Phi) is 6.35. The number of nitrogens with one attached hydrogen (secondary N) is 2. The summed E-state index contributed by atoms with van der Waals surface area (Å²) in [5, 5.41) is 7.72. The maximum absolute atomic E-state index is 12.6. The molecule has 166 valence electrons. The first kappa shape index (κ1) is 22.1. The van der Waals surface area contributed by atoms with Crippen molar-refractivity contribution in [1.29, 1.82) is 0 Å². The van der Waals surface area contributed by atoms with E-state index in [4.69, 9.17) is 0 Å². The van der Waals surface area contributed by atoms with E-state index in [0.29, 0.717) is 35.2 Å². The van der Waals surface area contributed by atoms with E-state index in [1.54, 1.807) is 12.1 Å². The van der Waals surface area contributed by atoms with Gasteiger partial charge < -0.3 is 5.32 Å². The lowest BCUT2D eigenvalue weighted by Gasteiger charge is -2.15. The maximum atomic E-state index is 12.6. The fraction of sp³-hybridized carbons (Fsp3) is 0.227. The Morgan fingerprint density at radius 2 is 1.62 bits per heavy atom. The third-order valence-electron chi connectivity index (χ3n) is 5.04. The molecule has 10 heteroatoms. The standard InChI is InChI=1S/C22H22N4O4S2/c1-15(27)23-18-8-4-16(5-9-18)20-14-31-22(24-20)25-21(28)17-6-10-19(11-7-17)32(29,30)26-12-2-3-13-26/h4-11,14H,2-3,12-13H2,1H3,(H,23,27)(H,24,25,28). The molecule has 8 nitrogen and oxygen atoms in total. The first-order chi connectivity index (χ1) is 15.3. The normalized spacial score (nSPS) is 14.3. The van der Waals surface area contributed by atoms with Crippen molar-refractivity contribution in [1.82, 2.24) is 9.29 Å². The van der Waals surface area contributed by atoms with Gasteiger partial charge in [-0.25, -0.2) is 13.4 Å². The molecule has 0 saturated carbocycles. The van der Waals surface area contributed by atoms with Crippen molar-refractivity contribution in [3.8, 4) is 11.3 Å². The van der Waals surface area contributed by atoms with Gasteiger partial charge in [0.1, 0.15) is 0 Å². The summed E-state index contributed by atoms with van der Waals surface area (Å²) in [7, 11) is -3.51. The molecule has 1 aliphatic heterocycles. The van der Waals surface area contributed by atoms with E-state index in [9.17, 15) is 18.0 Å². The van der Waals surface area contributed by atoms with Crippen molar-refractivity contribution in [3.63, 3.8) is 0 Å². The van der Waals surface area contributed by atoms with Gasteiger partial charge in [-0.15, -0.1) is 11.3 Å². The highest BCUT2D eigenvalue weighted by Gasteiger charge is 2.27. The molecule has 0 aliphatic carbocycles. The van der Waals surface area contributed by atoms with Gasteiger partial charge in [0, 0.05) is 42.2 Å². The van der Waals surface area contributed by atoms with Crippen LogP contribution >= 0.6 is 11.3 Å². The number of amides is 2. The summed E-state index contributed by atoms with van der Waals surface area (Å²) in [6.07, 6.45) is 1.74. The first-order valence-electron chi connectivity index (χ1n) is 10.1. The Bertz CT molecular complexity index is 1230. The van der Waals surface area contributed by atoms with Crippen LogP contribution in [0.15, 0.2) is 58.8 Å². The first-order valence-corrected chi connectivity index (χ1v) is 12.4. The number of thiazole rings is 1. The summed E-state index contributed by atoms with van der Waals surface area (Å²) in [5.41, 5.74) is 2.60.